The van der Waals surface area contributed by atoms with Crippen LogP contribution in [0, 0.1) is 5.92 Å². The van der Waals surface area contributed by atoms with Gasteiger partial charge in [-0.05, 0) is 50.1 Å². The third-order valence-corrected chi connectivity index (χ3v) is 6.14. The van der Waals surface area contributed by atoms with Crippen molar-refractivity contribution in [2.24, 2.45) is 11.7 Å². The van der Waals surface area contributed by atoms with E-state index < -0.39 is 6.10 Å². The minimum Gasteiger partial charge on any atom is -0.394 e. The first-order chi connectivity index (χ1) is 14.4. The van der Waals surface area contributed by atoms with E-state index in [0.29, 0.717) is 6.04 Å². The van der Waals surface area contributed by atoms with Crippen LogP contribution < -0.4 is 5.73 Å². The predicted octanol–water partition coefficient (Wildman–Crippen LogP) is 1.20. The van der Waals surface area contributed by atoms with Gasteiger partial charge in [-0.15, -0.1) is 0 Å². The number of fused-ring (bicyclic) bond motifs is 2. The first-order valence-corrected chi connectivity index (χ1v) is 10.7. The van der Waals surface area contributed by atoms with Crippen molar-refractivity contribution in [1.82, 2.24) is 14.8 Å². The normalized spacial score (nSPS) is 21.3. The van der Waals surface area contributed by atoms with Crippen LogP contribution in [0.25, 0.3) is 16.5 Å². The lowest BCUT2D eigenvalue weighted by Crippen LogP contribution is -2.47. The Balaban J connectivity index is 0.000000377. The SMILES string of the molecule is CCN(CC)C(=O)[C@@H]1C=C2c3cccc4[nH]cc(c34)C[C@H]2N(C)C1.NCC(O)CO. The molecule has 2 heterocycles. The van der Waals surface area contributed by atoms with Gasteiger partial charge in [0.2, 0.25) is 5.91 Å². The Morgan fingerprint density at radius 2 is 2.10 bits per heavy atom. The second kappa shape index (κ2) is 9.75. The van der Waals surface area contributed by atoms with Crippen LogP contribution in [0.2, 0.25) is 0 Å². The highest BCUT2D eigenvalue weighted by Gasteiger charge is 2.36. The van der Waals surface area contributed by atoms with Gasteiger partial charge in [0.25, 0.3) is 0 Å². The molecule has 7 nitrogen and oxygen atoms in total. The van der Waals surface area contributed by atoms with Gasteiger partial charge in [0, 0.05) is 49.3 Å². The molecule has 0 fully saturated rings. The van der Waals surface area contributed by atoms with Gasteiger partial charge in [0.05, 0.1) is 18.6 Å². The summed E-state index contributed by atoms with van der Waals surface area (Å²) in [5, 5.41) is 17.6. The number of amides is 1. The first kappa shape index (κ1) is 22.5. The van der Waals surface area contributed by atoms with E-state index >= 15 is 0 Å². The molecule has 1 aliphatic heterocycles. The molecule has 164 valence electrons. The highest BCUT2D eigenvalue weighted by atomic mass is 16.3. The van der Waals surface area contributed by atoms with Crippen molar-refractivity contribution in [3.63, 3.8) is 0 Å². The Bertz CT molecular complexity index is 899. The molecule has 1 aromatic heterocycles. The Hall–Kier alpha value is -2.19. The average molecular weight is 415 g/mol. The standard InChI is InChI=1S/C20H25N3O.C3H9NO2/c1-4-23(5-2)20(24)14-9-16-15-7-6-8-17-19(15)13(11-21-17)10-18(16)22(3)12-14;4-1-3(6)2-5/h6-9,11,14,18,21H,4-5,10,12H2,1-3H3;3,5-6H,1-2,4H2/t14-,18-;/m1./s1. The van der Waals surface area contributed by atoms with Gasteiger partial charge >= 0.3 is 0 Å². The maximum absolute atomic E-state index is 12.9. The maximum atomic E-state index is 12.9. The van der Waals surface area contributed by atoms with Crippen molar-refractivity contribution in [3.05, 3.63) is 41.6 Å². The van der Waals surface area contributed by atoms with Gasteiger partial charge in [-0.3, -0.25) is 9.69 Å². The summed E-state index contributed by atoms with van der Waals surface area (Å²) in [5.41, 5.74) is 10.1. The van der Waals surface area contributed by atoms with Crippen LogP contribution in [0.3, 0.4) is 0 Å². The number of nitrogens with two attached hydrogens (primary N) is 1. The summed E-state index contributed by atoms with van der Waals surface area (Å²) in [6.07, 6.45) is 4.68. The molecule has 3 atom stereocenters. The molecular weight excluding hydrogens is 380 g/mol. The second-order valence-corrected chi connectivity index (χ2v) is 8.01. The maximum Gasteiger partial charge on any atom is 0.230 e. The van der Waals surface area contributed by atoms with Crippen LogP contribution in [0.15, 0.2) is 30.5 Å². The monoisotopic (exact) mass is 414 g/mol. The van der Waals surface area contributed by atoms with E-state index in [1.807, 2.05) is 4.90 Å². The van der Waals surface area contributed by atoms with E-state index in [-0.39, 0.29) is 25.0 Å². The van der Waals surface area contributed by atoms with E-state index in [1.54, 1.807) is 0 Å². The quantitative estimate of drug-likeness (QED) is 0.588. The second-order valence-electron chi connectivity index (χ2n) is 8.01. The third-order valence-electron chi connectivity index (χ3n) is 6.14. The number of hydrogen-bond acceptors (Lipinski definition) is 5. The Kier molecular flexibility index (Phi) is 7.31. The summed E-state index contributed by atoms with van der Waals surface area (Å²) < 4.78 is 0. The lowest BCUT2D eigenvalue weighted by atomic mass is 9.79. The number of carbonyl (C=O) groups excluding carboxylic acids is 1. The molecule has 2 aliphatic rings. The number of hydrogen-bond donors (Lipinski definition) is 4. The van der Waals surface area contributed by atoms with E-state index in [9.17, 15) is 4.79 Å². The lowest BCUT2D eigenvalue weighted by molar-refractivity contribution is -0.134. The number of benzene rings is 1. The molecule has 0 bridgehead atoms. The number of nitrogens with zero attached hydrogens (tertiary/aromatic N) is 2. The first-order valence-electron chi connectivity index (χ1n) is 10.7. The fourth-order valence-electron chi connectivity index (χ4n) is 4.45. The van der Waals surface area contributed by atoms with Gasteiger partial charge in [-0.1, -0.05) is 18.2 Å². The molecule has 5 N–H and O–H groups in total. The van der Waals surface area contributed by atoms with Crippen LogP contribution in [-0.2, 0) is 11.2 Å². The van der Waals surface area contributed by atoms with Crippen LogP contribution in [-0.4, -0.2) is 82.9 Å². The number of H-pyrrole nitrogens is 1. The number of aliphatic hydroxyl groups is 2. The molecule has 4 rings (SSSR count). The average Bonchev–Trinajstić information content (AvgIpc) is 3.19. The fraction of sp³-hybridized carbons (Fsp3) is 0.522. The van der Waals surface area contributed by atoms with Gasteiger partial charge < -0.3 is 25.8 Å². The zero-order chi connectivity index (χ0) is 21.8. The van der Waals surface area contributed by atoms with E-state index in [1.165, 1.54) is 27.6 Å². The van der Waals surface area contributed by atoms with Gasteiger partial charge in [0.15, 0.2) is 0 Å². The summed E-state index contributed by atoms with van der Waals surface area (Å²) in [6.45, 7) is 6.36. The van der Waals surface area contributed by atoms with Crippen molar-refractivity contribution in [1.29, 1.82) is 0 Å². The number of aromatic amines is 1. The van der Waals surface area contributed by atoms with Crippen molar-refractivity contribution in [2.45, 2.75) is 32.4 Å². The molecule has 0 saturated heterocycles. The van der Waals surface area contributed by atoms with E-state index in [4.69, 9.17) is 15.9 Å². The number of carbonyl (C=O) groups is 1. The van der Waals surface area contributed by atoms with Crippen molar-refractivity contribution in [2.75, 3.05) is 39.8 Å². The molecule has 0 radical (unpaired) electrons. The molecule has 1 amide bonds. The summed E-state index contributed by atoms with van der Waals surface area (Å²) in [7, 11) is 2.15. The molecule has 1 unspecified atom stereocenters. The third kappa shape index (κ3) is 4.30. The van der Waals surface area contributed by atoms with Crippen molar-refractivity contribution in [3.8, 4) is 0 Å². The molecule has 2 aromatic rings. The molecule has 30 heavy (non-hydrogen) atoms. The van der Waals surface area contributed by atoms with Crippen LogP contribution in [0.5, 0.6) is 0 Å². The fourth-order valence-corrected chi connectivity index (χ4v) is 4.45. The summed E-state index contributed by atoms with van der Waals surface area (Å²) in [4.78, 5) is 20.6. The van der Waals surface area contributed by atoms with Crippen molar-refractivity contribution >= 4 is 22.4 Å². The number of rotatable bonds is 5. The highest BCUT2D eigenvalue weighted by molar-refractivity contribution is 5.99. The molecule has 7 heteroatoms. The molecule has 1 aliphatic carbocycles. The Morgan fingerprint density at radius 3 is 2.70 bits per heavy atom. The number of nitrogens with one attached hydrogen (secondary N) is 1. The topological polar surface area (TPSA) is 106 Å². The van der Waals surface area contributed by atoms with E-state index in [2.05, 4.69) is 61.3 Å². The zero-order valence-electron chi connectivity index (χ0n) is 18.1. The Labute approximate surface area is 178 Å². The van der Waals surface area contributed by atoms with Crippen LogP contribution in [0.1, 0.15) is 25.0 Å². The molecular formula is C23H34N4O3. The van der Waals surface area contributed by atoms with Gasteiger partial charge in [-0.25, -0.2) is 0 Å². The van der Waals surface area contributed by atoms with E-state index in [0.717, 1.165) is 26.1 Å². The van der Waals surface area contributed by atoms with Gasteiger partial charge in [0.1, 0.15) is 0 Å². The smallest absolute Gasteiger partial charge is 0.230 e. The highest BCUT2D eigenvalue weighted by Crippen LogP contribution is 2.40. The Morgan fingerprint density at radius 1 is 1.37 bits per heavy atom. The molecule has 1 aromatic carbocycles. The van der Waals surface area contributed by atoms with Crippen LogP contribution in [0.4, 0.5) is 0 Å². The summed E-state index contributed by atoms with van der Waals surface area (Å²) in [6, 6.07) is 6.82. The number of likely N-dealkylation sites (N-methyl/N-ethyl adjacent to an activating group) is 1. The lowest BCUT2D eigenvalue weighted by Gasteiger charge is -2.40. The van der Waals surface area contributed by atoms with Crippen LogP contribution >= 0.6 is 0 Å². The van der Waals surface area contributed by atoms with Crippen molar-refractivity contribution < 1.29 is 15.0 Å². The number of aromatic nitrogens is 1. The minimum atomic E-state index is -0.731. The predicted molar refractivity (Wildman–Crippen MR) is 120 cm³/mol. The zero-order valence-corrected chi connectivity index (χ0v) is 18.1. The number of aliphatic hydroxyl groups excluding tert-OH is 2. The molecule has 0 saturated carbocycles. The summed E-state index contributed by atoms with van der Waals surface area (Å²) in [5.74, 6) is 0.210. The summed E-state index contributed by atoms with van der Waals surface area (Å²) >= 11 is 0. The largest absolute Gasteiger partial charge is 0.394 e. The minimum absolute atomic E-state index is 0.0445. The van der Waals surface area contributed by atoms with Gasteiger partial charge in [-0.2, -0.15) is 0 Å². The molecule has 0 spiro atoms.